The molecular weight excluding hydrogens is 543 g/mol. The predicted molar refractivity (Wildman–Crippen MR) is 178 cm³/mol. The third-order valence-corrected chi connectivity index (χ3v) is 8.66. The summed E-state index contributed by atoms with van der Waals surface area (Å²) >= 11 is 5.86. The molecule has 0 amide bonds. The average Bonchev–Trinajstić information content (AvgIpc) is 2.99. The molecule has 0 aliphatic rings. The molecule has 0 unspecified atom stereocenters. The van der Waals surface area contributed by atoms with Crippen LogP contribution >= 0.6 is 0 Å². The van der Waals surface area contributed by atoms with Crippen LogP contribution < -0.4 is 0 Å². The minimum atomic E-state index is 0.981. The van der Waals surface area contributed by atoms with E-state index >= 15 is 0 Å². The summed E-state index contributed by atoms with van der Waals surface area (Å²) in [6.45, 7) is 13.7. The van der Waals surface area contributed by atoms with Crippen molar-refractivity contribution in [3.63, 3.8) is 0 Å². The van der Waals surface area contributed by atoms with E-state index in [0.717, 1.165) is 62.7 Å². The Bertz CT molecular complexity index is 1080. The maximum absolute atomic E-state index is 5.86. The summed E-state index contributed by atoms with van der Waals surface area (Å²) in [5, 5.41) is 0. The van der Waals surface area contributed by atoms with Crippen molar-refractivity contribution in [2.24, 2.45) is 4.99 Å². The Labute approximate surface area is 262 Å². The molecule has 0 saturated carbocycles. The van der Waals surface area contributed by atoms with Gasteiger partial charge in [-0.2, -0.15) is 0 Å². The predicted octanol–water partition coefficient (Wildman–Crippen LogP) is 11.8. The summed E-state index contributed by atoms with van der Waals surface area (Å²) in [7, 11) is 0. The van der Waals surface area contributed by atoms with Gasteiger partial charge in [0, 0.05) is 0 Å². The van der Waals surface area contributed by atoms with Crippen molar-refractivity contribution < 1.29 is 19.3 Å². The van der Waals surface area contributed by atoms with Gasteiger partial charge in [-0.25, -0.2) is 0 Å². The number of nitrogens with zero attached hydrogens (tertiary/aromatic N) is 2. The summed E-state index contributed by atoms with van der Waals surface area (Å²) in [5.74, 6) is 0. The van der Waals surface area contributed by atoms with E-state index < -0.39 is 0 Å². The van der Waals surface area contributed by atoms with Gasteiger partial charge in [0.2, 0.25) is 0 Å². The van der Waals surface area contributed by atoms with Gasteiger partial charge in [-0.1, -0.05) is 0 Å². The molecule has 0 N–H and O–H groups in total. The van der Waals surface area contributed by atoms with Crippen LogP contribution in [0, 0.1) is 0 Å². The average molecular weight is 604 g/mol. The van der Waals surface area contributed by atoms with E-state index in [4.69, 9.17) is 20.7 Å². The third kappa shape index (κ3) is 12.2. The van der Waals surface area contributed by atoms with Crippen LogP contribution in [0.4, 0.5) is 11.4 Å². The molecule has 41 heavy (non-hydrogen) atoms. The first-order chi connectivity index (χ1) is 20.0. The zero-order valence-electron chi connectivity index (χ0n) is 27.4. The summed E-state index contributed by atoms with van der Waals surface area (Å²) in [4.78, 5) is 5.39. The number of hydrogen-bond donors (Lipinski definition) is 0. The van der Waals surface area contributed by atoms with E-state index in [-0.39, 0.29) is 0 Å². The summed E-state index contributed by atoms with van der Waals surface area (Å²) in [5.41, 5.74) is 10.7. The van der Waals surface area contributed by atoms with Crippen LogP contribution in [0.3, 0.4) is 0 Å². The van der Waals surface area contributed by atoms with Gasteiger partial charge in [0.25, 0.3) is 0 Å². The van der Waals surface area contributed by atoms with Crippen LogP contribution in [0.15, 0.2) is 41.4 Å². The van der Waals surface area contributed by atoms with Gasteiger partial charge in [-0.15, -0.1) is 0 Å². The topological polar surface area (TPSA) is 15.4 Å². The Morgan fingerprint density at radius 3 is 1.56 bits per heavy atom. The van der Waals surface area contributed by atoms with Crippen molar-refractivity contribution in [2.45, 2.75) is 157 Å². The van der Waals surface area contributed by atoms with Gasteiger partial charge < -0.3 is 0 Å². The molecule has 0 bridgehead atoms. The van der Waals surface area contributed by atoms with Gasteiger partial charge in [-0.05, 0) is 0 Å². The molecule has 0 spiro atoms. The van der Waals surface area contributed by atoms with Crippen LogP contribution in [0.5, 0.6) is 0 Å². The molecule has 0 radical (unpaired) electrons. The van der Waals surface area contributed by atoms with Gasteiger partial charge >= 0.3 is 263 Å². The zero-order valence-corrected chi connectivity index (χ0v) is 28.4. The Morgan fingerprint density at radius 1 is 0.561 bits per heavy atom. The quantitative estimate of drug-likeness (QED) is 0.0997. The van der Waals surface area contributed by atoms with Crippen LogP contribution in [0.25, 0.3) is 0 Å². The summed E-state index contributed by atoms with van der Waals surface area (Å²) < 4.78 is 2.11. The van der Waals surface area contributed by atoms with E-state index in [1.165, 1.54) is 97.9 Å². The molecule has 0 atom stereocenters. The number of unbranched alkanes of at least 4 members (excludes halogenated alkanes) is 6. The van der Waals surface area contributed by atoms with E-state index in [1.54, 1.807) is 0 Å². The Kier molecular flexibility index (Phi) is 18.2. The SMILES string of the molecule is CCCCC(=Nc1ccc(CCCC)c(CCCC)c1)C(CCCC)=[N+]([Ni])c1ccc(CCCC)c(CCCC)c1. The van der Waals surface area contributed by atoms with Gasteiger partial charge in [0.15, 0.2) is 0 Å². The molecule has 2 aromatic carbocycles. The minimum absolute atomic E-state index is 0.981. The van der Waals surface area contributed by atoms with Crippen LogP contribution in [-0.4, -0.2) is 15.1 Å². The molecule has 0 saturated heterocycles. The molecule has 0 fully saturated rings. The first-order valence-corrected chi connectivity index (χ1v) is 17.6. The summed E-state index contributed by atoms with van der Waals surface area (Å²) in [6.07, 6.45) is 21.1. The van der Waals surface area contributed by atoms with E-state index in [0.29, 0.717) is 0 Å². The standard InChI is InChI=1S/C38H60N2.Ni/c1-7-13-19-31-25-27-35(29-33(31)21-15-9-3)39-37(23-17-11-5)38(24-18-12-6)40-36-28-26-32(20-14-8-2)34(30-36)22-16-10-4;/h25-30H,7-24H2,1-6H3;/q;+1. The molecule has 0 aromatic heterocycles. The fraction of sp³-hybridized carbons (Fsp3) is 0.632. The number of hydrogen-bond acceptors (Lipinski definition) is 1. The fourth-order valence-corrected chi connectivity index (χ4v) is 5.81. The van der Waals surface area contributed by atoms with Crippen molar-refractivity contribution in [3.8, 4) is 0 Å². The molecule has 2 nitrogen and oxygen atoms in total. The van der Waals surface area contributed by atoms with Crippen molar-refractivity contribution in [1.29, 1.82) is 0 Å². The molecule has 0 heterocycles. The number of aryl methyl sites for hydroxylation is 4. The molecular formula is C38H60N2Ni+. The number of benzene rings is 2. The van der Waals surface area contributed by atoms with Gasteiger partial charge in [0.1, 0.15) is 0 Å². The van der Waals surface area contributed by atoms with Gasteiger partial charge in [-0.3, -0.25) is 0 Å². The van der Waals surface area contributed by atoms with Crippen molar-refractivity contribution in [2.75, 3.05) is 0 Å². The van der Waals surface area contributed by atoms with E-state index in [2.05, 4.69) is 81.6 Å². The molecule has 2 aromatic rings. The van der Waals surface area contributed by atoms with Crippen molar-refractivity contribution in [1.82, 2.24) is 0 Å². The molecule has 3 heteroatoms. The fourth-order valence-electron chi connectivity index (χ4n) is 5.44. The van der Waals surface area contributed by atoms with Crippen LogP contribution in [0.1, 0.15) is 154 Å². The second-order valence-electron chi connectivity index (χ2n) is 11.8. The molecule has 231 valence electrons. The van der Waals surface area contributed by atoms with Crippen LogP contribution in [0.2, 0.25) is 0 Å². The second kappa shape index (κ2) is 21.0. The number of rotatable bonds is 21. The first-order valence-electron chi connectivity index (χ1n) is 17.1. The summed E-state index contributed by atoms with van der Waals surface area (Å²) in [6, 6.07) is 14.0. The third-order valence-electron chi connectivity index (χ3n) is 8.14. The van der Waals surface area contributed by atoms with Gasteiger partial charge in [0.05, 0.1) is 0 Å². The van der Waals surface area contributed by atoms with Crippen molar-refractivity contribution in [3.05, 3.63) is 58.7 Å². The Morgan fingerprint density at radius 2 is 1.02 bits per heavy atom. The monoisotopic (exact) mass is 602 g/mol. The Hall–Kier alpha value is -1.73. The number of aliphatic imine (C=N–C) groups is 1. The van der Waals surface area contributed by atoms with E-state index in [9.17, 15) is 0 Å². The van der Waals surface area contributed by atoms with Crippen LogP contribution in [-0.2, 0) is 41.4 Å². The zero-order chi connectivity index (χ0) is 29.9. The molecule has 2 rings (SSSR count). The Balaban J connectivity index is 2.62. The molecule has 0 aliphatic heterocycles. The first kappa shape index (κ1) is 35.5. The molecule has 0 aliphatic carbocycles. The normalized spacial score (nSPS) is 12.6. The maximum atomic E-state index is 5.86. The van der Waals surface area contributed by atoms with E-state index in [1.807, 2.05) is 0 Å². The second-order valence-corrected chi connectivity index (χ2v) is 12.2. The van der Waals surface area contributed by atoms with Crippen molar-refractivity contribution >= 4 is 22.8 Å².